The van der Waals surface area contributed by atoms with Crippen LogP contribution in [0.2, 0.25) is 0 Å². The summed E-state index contributed by atoms with van der Waals surface area (Å²) in [5.74, 6) is -0.461. The number of fused-ring (bicyclic) bond motifs is 1. The summed E-state index contributed by atoms with van der Waals surface area (Å²) in [7, 11) is 1.55. The van der Waals surface area contributed by atoms with Gasteiger partial charge in [-0.2, -0.15) is 0 Å². The van der Waals surface area contributed by atoms with Crippen molar-refractivity contribution in [3.8, 4) is 0 Å². The monoisotopic (exact) mass is 324 g/mol. The maximum absolute atomic E-state index is 12.2. The Morgan fingerprint density at radius 2 is 1.67 bits per heavy atom. The molecule has 126 valence electrons. The maximum atomic E-state index is 12.2. The van der Waals surface area contributed by atoms with Gasteiger partial charge in [0.05, 0.1) is 0 Å². The van der Waals surface area contributed by atoms with Crippen molar-refractivity contribution in [2.45, 2.75) is 38.1 Å². The van der Waals surface area contributed by atoms with Crippen molar-refractivity contribution in [3.05, 3.63) is 71.3 Å². The molecule has 0 saturated heterocycles. The number of hydrogen-bond donors (Lipinski definition) is 1. The molecule has 2 aromatic carbocycles. The molecule has 0 aliphatic heterocycles. The Hall–Kier alpha value is -2.17. The topological polar surface area (TPSA) is 55.6 Å². The van der Waals surface area contributed by atoms with Gasteiger partial charge in [0.15, 0.2) is 5.72 Å². The first-order chi connectivity index (χ1) is 11.5. The molecule has 1 aliphatic rings. The number of amides is 1. The molecule has 1 unspecified atom stereocenters. The molecule has 24 heavy (non-hydrogen) atoms. The van der Waals surface area contributed by atoms with E-state index in [0.717, 1.165) is 18.4 Å². The zero-order valence-corrected chi connectivity index (χ0v) is 14.2. The number of nitrogens with two attached hydrogens (primary N) is 1. The number of benzene rings is 2. The van der Waals surface area contributed by atoms with E-state index >= 15 is 0 Å². The third-order valence-corrected chi connectivity index (χ3v) is 5.07. The Bertz CT molecular complexity index is 692. The Labute approximate surface area is 143 Å². The summed E-state index contributed by atoms with van der Waals surface area (Å²) in [4.78, 5) is 14.3. The van der Waals surface area contributed by atoms with Crippen LogP contribution in [0.3, 0.4) is 0 Å². The first-order valence-electron chi connectivity index (χ1n) is 8.27. The summed E-state index contributed by atoms with van der Waals surface area (Å²) >= 11 is 0. The predicted molar refractivity (Wildman–Crippen MR) is 94.2 cm³/mol. The van der Waals surface area contributed by atoms with E-state index in [-0.39, 0.29) is 6.04 Å². The molecule has 2 aromatic rings. The zero-order valence-electron chi connectivity index (χ0n) is 14.2. The van der Waals surface area contributed by atoms with Gasteiger partial charge >= 0.3 is 0 Å². The second-order valence-electron chi connectivity index (χ2n) is 6.50. The first kappa shape index (κ1) is 16.7. The summed E-state index contributed by atoms with van der Waals surface area (Å²) in [6.45, 7) is 2.38. The van der Waals surface area contributed by atoms with Crippen molar-refractivity contribution in [2.75, 3.05) is 7.11 Å². The van der Waals surface area contributed by atoms with E-state index in [9.17, 15) is 4.79 Å². The molecule has 1 atom stereocenters. The van der Waals surface area contributed by atoms with Gasteiger partial charge in [0.1, 0.15) is 0 Å². The first-order valence-corrected chi connectivity index (χ1v) is 8.27. The molecule has 4 nitrogen and oxygen atoms in total. The third kappa shape index (κ3) is 3.07. The van der Waals surface area contributed by atoms with Crippen molar-refractivity contribution in [1.82, 2.24) is 4.90 Å². The lowest BCUT2D eigenvalue weighted by atomic mass is 10.0. The van der Waals surface area contributed by atoms with Crippen molar-refractivity contribution >= 4 is 5.91 Å². The molecule has 1 aliphatic carbocycles. The van der Waals surface area contributed by atoms with Gasteiger partial charge in [0.2, 0.25) is 0 Å². The smallest absolute Gasteiger partial charge is 0.264 e. The molecule has 0 heterocycles. The van der Waals surface area contributed by atoms with Crippen LogP contribution in [-0.2, 0) is 28.9 Å². The molecule has 4 heteroatoms. The molecule has 3 rings (SSSR count). The number of carbonyl (C=O) groups excluding carboxylic acids is 1. The van der Waals surface area contributed by atoms with Crippen LogP contribution in [0, 0.1) is 0 Å². The SMILES string of the molecule is COC(C)(C(N)=O)N(Cc1ccccc1)C1Cc2ccccc2C1. The Balaban J connectivity index is 1.92. The summed E-state index contributed by atoms with van der Waals surface area (Å²) in [6.07, 6.45) is 1.80. The van der Waals surface area contributed by atoms with Crippen molar-refractivity contribution in [1.29, 1.82) is 0 Å². The number of primary amides is 1. The van der Waals surface area contributed by atoms with Gasteiger partial charge in [-0.25, -0.2) is 0 Å². The van der Waals surface area contributed by atoms with E-state index < -0.39 is 11.6 Å². The molecule has 0 saturated carbocycles. The molecule has 0 radical (unpaired) electrons. The van der Waals surface area contributed by atoms with Crippen LogP contribution in [0.25, 0.3) is 0 Å². The molecule has 0 fully saturated rings. The molecule has 0 spiro atoms. The molecular weight excluding hydrogens is 300 g/mol. The minimum Gasteiger partial charge on any atom is -0.366 e. The molecule has 0 aromatic heterocycles. The van der Waals surface area contributed by atoms with Gasteiger partial charge in [-0.3, -0.25) is 9.69 Å². The lowest BCUT2D eigenvalue weighted by Crippen LogP contribution is -2.60. The van der Waals surface area contributed by atoms with Crippen molar-refractivity contribution in [3.63, 3.8) is 0 Å². The minimum atomic E-state index is -1.14. The highest BCUT2D eigenvalue weighted by molar-refractivity contribution is 5.82. The lowest BCUT2D eigenvalue weighted by molar-refractivity contribution is -0.172. The number of methoxy groups -OCH3 is 1. The summed E-state index contributed by atoms with van der Waals surface area (Å²) in [5, 5.41) is 0. The fourth-order valence-electron chi connectivity index (χ4n) is 3.52. The van der Waals surface area contributed by atoms with Gasteiger partial charge in [-0.15, -0.1) is 0 Å². The highest BCUT2D eigenvalue weighted by Gasteiger charge is 2.43. The van der Waals surface area contributed by atoms with Crippen LogP contribution >= 0.6 is 0 Å². The van der Waals surface area contributed by atoms with E-state index in [4.69, 9.17) is 10.5 Å². The number of carbonyl (C=O) groups is 1. The third-order valence-electron chi connectivity index (χ3n) is 5.07. The predicted octanol–water partition coefficient (Wildman–Crippen LogP) is 2.50. The second-order valence-corrected chi connectivity index (χ2v) is 6.50. The highest BCUT2D eigenvalue weighted by atomic mass is 16.5. The Kier molecular flexibility index (Phi) is 4.69. The number of rotatable bonds is 6. The number of ether oxygens (including phenoxy) is 1. The highest BCUT2D eigenvalue weighted by Crippen LogP contribution is 2.31. The molecular formula is C20H24N2O2. The van der Waals surface area contributed by atoms with Crippen molar-refractivity contribution < 1.29 is 9.53 Å². The van der Waals surface area contributed by atoms with Gasteiger partial charge in [0.25, 0.3) is 5.91 Å². The normalized spacial score (nSPS) is 16.8. The van der Waals surface area contributed by atoms with Crippen molar-refractivity contribution in [2.24, 2.45) is 5.73 Å². The Morgan fingerprint density at radius 3 is 2.17 bits per heavy atom. The quantitative estimate of drug-likeness (QED) is 0.831. The second kappa shape index (κ2) is 6.75. The summed E-state index contributed by atoms with van der Waals surface area (Å²) in [5.41, 5.74) is 8.38. The van der Waals surface area contributed by atoms with Gasteiger partial charge in [0, 0.05) is 19.7 Å². The zero-order chi connectivity index (χ0) is 17.2. The van der Waals surface area contributed by atoms with Crippen LogP contribution in [0.1, 0.15) is 23.6 Å². The Morgan fingerprint density at radius 1 is 1.12 bits per heavy atom. The largest absolute Gasteiger partial charge is 0.366 e. The summed E-state index contributed by atoms with van der Waals surface area (Å²) < 4.78 is 5.60. The van der Waals surface area contributed by atoms with Crippen LogP contribution in [0.15, 0.2) is 54.6 Å². The lowest BCUT2D eigenvalue weighted by Gasteiger charge is -2.41. The van der Waals surface area contributed by atoms with E-state index in [0.29, 0.717) is 6.54 Å². The van der Waals surface area contributed by atoms with Crippen LogP contribution in [-0.4, -0.2) is 29.7 Å². The van der Waals surface area contributed by atoms with Gasteiger partial charge in [-0.05, 0) is 36.5 Å². The number of hydrogen-bond acceptors (Lipinski definition) is 3. The van der Waals surface area contributed by atoms with Crippen LogP contribution < -0.4 is 5.73 Å². The average Bonchev–Trinajstić information content (AvgIpc) is 3.03. The van der Waals surface area contributed by atoms with Gasteiger partial charge in [-0.1, -0.05) is 54.6 Å². The molecule has 0 bridgehead atoms. The van der Waals surface area contributed by atoms with E-state index in [2.05, 4.69) is 41.3 Å². The molecule has 1 amide bonds. The molecule has 2 N–H and O–H groups in total. The fraction of sp³-hybridized carbons (Fsp3) is 0.350. The summed E-state index contributed by atoms with van der Waals surface area (Å²) in [6, 6.07) is 18.7. The fourth-order valence-corrected chi connectivity index (χ4v) is 3.52. The van der Waals surface area contributed by atoms with E-state index in [1.54, 1.807) is 14.0 Å². The van der Waals surface area contributed by atoms with Crippen LogP contribution in [0.5, 0.6) is 0 Å². The standard InChI is InChI=1S/C20H24N2O2/c1-20(24-2,19(21)23)22(14-15-8-4-3-5-9-15)18-12-16-10-6-7-11-17(16)13-18/h3-11,18H,12-14H2,1-2H3,(H2,21,23). The van der Waals surface area contributed by atoms with E-state index in [1.165, 1.54) is 11.1 Å². The van der Waals surface area contributed by atoms with Crippen LogP contribution in [0.4, 0.5) is 0 Å². The minimum absolute atomic E-state index is 0.181. The number of nitrogens with zero attached hydrogens (tertiary/aromatic N) is 1. The maximum Gasteiger partial charge on any atom is 0.264 e. The van der Waals surface area contributed by atoms with E-state index in [1.807, 2.05) is 18.2 Å². The average molecular weight is 324 g/mol. The van der Waals surface area contributed by atoms with Gasteiger partial charge < -0.3 is 10.5 Å².